The van der Waals surface area contributed by atoms with Gasteiger partial charge in [-0.2, -0.15) is 0 Å². The van der Waals surface area contributed by atoms with Crippen LogP contribution in [-0.2, 0) is 6.61 Å². The van der Waals surface area contributed by atoms with Gasteiger partial charge >= 0.3 is 0 Å². The molecular formula is C34H41FO. The van der Waals surface area contributed by atoms with E-state index in [9.17, 15) is 4.39 Å². The summed E-state index contributed by atoms with van der Waals surface area (Å²) in [6, 6.07) is 24.1. The van der Waals surface area contributed by atoms with Crippen LogP contribution in [0.2, 0.25) is 0 Å². The maximum atomic E-state index is 14.8. The second kappa shape index (κ2) is 12.1. The molecule has 2 heteroatoms. The molecule has 0 N–H and O–H groups in total. The van der Waals surface area contributed by atoms with Crippen LogP contribution in [0.15, 0.2) is 72.8 Å². The highest BCUT2D eigenvalue weighted by Gasteiger charge is 2.35. The summed E-state index contributed by atoms with van der Waals surface area (Å²) in [5, 5.41) is 0. The number of halogens is 1. The van der Waals surface area contributed by atoms with E-state index in [0.29, 0.717) is 18.3 Å². The molecule has 4 unspecified atom stereocenters. The van der Waals surface area contributed by atoms with E-state index in [4.69, 9.17) is 4.74 Å². The Labute approximate surface area is 217 Å². The molecule has 3 aromatic rings. The smallest absolute Gasteiger partial charge is 0.165 e. The van der Waals surface area contributed by atoms with E-state index in [1.807, 2.05) is 36.4 Å². The van der Waals surface area contributed by atoms with E-state index in [0.717, 1.165) is 34.4 Å². The Balaban J connectivity index is 1.16. The Hall–Kier alpha value is -2.61. The van der Waals surface area contributed by atoms with Crippen LogP contribution in [0.3, 0.4) is 0 Å². The van der Waals surface area contributed by atoms with Gasteiger partial charge in [-0.05, 0) is 90.2 Å². The molecule has 0 heterocycles. The van der Waals surface area contributed by atoms with Crippen LogP contribution in [0, 0.1) is 23.6 Å². The lowest BCUT2D eigenvalue weighted by Gasteiger charge is -2.42. The predicted octanol–water partition coefficient (Wildman–Crippen LogP) is 9.95. The normalized spacial score (nSPS) is 23.7. The van der Waals surface area contributed by atoms with Crippen LogP contribution in [-0.4, -0.2) is 0 Å². The number of hydrogen-bond acceptors (Lipinski definition) is 1. The zero-order valence-electron chi connectivity index (χ0n) is 21.8. The minimum Gasteiger partial charge on any atom is -0.486 e. The third kappa shape index (κ3) is 6.20. The summed E-state index contributed by atoms with van der Waals surface area (Å²) in [4.78, 5) is 0. The number of rotatable bonds is 9. The van der Waals surface area contributed by atoms with Gasteiger partial charge in [-0.15, -0.1) is 0 Å². The number of fused-ring (bicyclic) bond motifs is 1. The van der Waals surface area contributed by atoms with E-state index >= 15 is 0 Å². The Morgan fingerprint density at radius 2 is 1.53 bits per heavy atom. The van der Waals surface area contributed by atoms with Crippen molar-refractivity contribution in [1.29, 1.82) is 0 Å². The fraction of sp³-hybridized carbons (Fsp3) is 0.471. The van der Waals surface area contributed by atoms with Crippen molar-refractivity contribution in [2.24, 2.45) is 17.8 Å². The molecule has 0 aromatic heterocycles. The van der Waals surface area contributed by atoms with Crippen molar-refractivity contribution in [3.63, 3.8) is 0 Å². The second-order valence-electron chi connectivity index (χ2n) is 11.2. The van der Waals surface area contributed by atoms with Crippen LogP contribution < -0.4 is 4.74 Å². The van der Waals surface area contributed by atoms with Gasteiger partial charge in [0.05, 0.1) is 0 Å². The lowest BCUT2D eigenvalue weighted by molar-refractivity contribution is 0.113. The van der Waals surface area contributed by atoms with E-state index in [1.165, 1.54) is 69.8 Å². The lowest BCUT2D eigenvalue weighted by Crippen LogP contribution is -2.30. The molecule has 0 radical (unpaired) electrons. The zero-order chi connectivity index (χ0) is 24.7. The van der Waals surface area contributed by atoms with E-state index in [-0.39, 0.29) is 5.82 Å². The van der Waals surface area contributed by atoms with Crippen molar-refractivity contribution in [3.8, 4) is 16.9 Å². The van der Waals surface area contributed by atoms with Gasteiger partial charge in [-0.25, -0.2) is 4.39 Å². The van der Waals surface area contributed by atoms with E-state index in [1.54, 1.807) is 12.1 Å². The summed E-state index contributed by atoms with van der Waals surface area (Å²) in [6.07, 6.45) is 14.1. The largest absolute Gasteiger partial charge is 0.486 e. The molecule has 36 heavy (non-hydrogen) atoms. The van der Waals surface area contributed by atoms with Crippen molar-refractivity contribution >= 4 is 0 Å². The van der Waals surface area contributed by atoms with Crippen LogP contribution >= 0.6 is 0 Å². The molecule has 2 fully saturated rings. The van der Waals surface area contributed by atoms with E-state index in [2.05, 4.69) is 31.2 Å². The highest BCUT2D eigenvalue weighted by atomic mass is 19.1. The molecule has 1 nitrogen and oxygen atoms in total. The standard InChI is InChI=1S/C34H41FO/c1-2-3-5-8-25-11-12-31-22-30(18-17-29(31)21-25)27-13-15-28(16-14-27)32-19-20-34(33(35)23-32)36-24-26-9-6-4-7-10-26/h4,6-7,9-10,13-16,19-20,23,25,29-31H,2-3,5,8,11-12,17-18,21-22,24H2,1H3. The fourth-order valence-corrected chi connectivity index (χ4v) is 6.71. The van der Waals surface area contributed by atoms with Crippen LogP contribution in [0.25, 0.3) is 11.1 Å². The fourth-order valence-electron chi connectivity index (χ4n) is 6.71. The van der Waals surface area contributed by atoms with Crippen molar-refractivity contribution < 1.29 is 9.13 Å². The SMILES string of the molecule is CCCCCC1CCC2CC(c3ccc(-c4ccc(OCc5ccccc5)c(F)c4)cc3)CCC2C1. The van der Waals surface area contributed by atoms with Gasteiger partial charge in [-0.3, -0.25) is 0 Å². The quantitative estimate of drug-likeness (QED) is 0.275. The molecule has 0 aliphatic heterocycles. The minimum atomic E-state index is -0.309. The Kier molecular flexibility index (Phi) is 8.41. The van der Waals surface area contributed by atoms with Crippen LogP contribution in [0.1, 0.15) is 88.2 Å². The van der Waals surface area contributed by atoms with Gasteiger partial charge in [0.25, 0.3) is 0 Å². The number of unbranched alkanes of at least 4 members (excludes halogenated alkanes) is 2. The third-order valence-electron chi connectivity index (χ3n) is 8.82. The topological polar surface area (TPSA) is 9.23 Å². The maximum absolute atomic E-state index is 14.8. The van der Waals surface area contributed by atoms with Crippen LogP contribution in [0.4, 0.5) is 4.39 Å². The molecule has 2 aliphatic rings. The molecule has 5 rings (SSSR count). The van der Waals surface area contributed by atoms with Gasteiger partial charge in [-0.1, -0.05) is 99.7 Å². The number of benzene rings is 3. The molecule has 3 aromatic carbocycles. The Morgan fingerprint density at radius 1 is 0.778 bits per heavy atom. The molecule has 0 spiro atoms. The van der Waals surface area contributed by atoms with Crippen LogP contribution in [0.5, 0.6) is 5.75 Å². The van der Waals surface area contributed by atoms with Crippen molar-refractivity contribution in [3.05, 3.63) is 89.7 Å². The van der Waals surface area contributed by atoms with Crippen molar-refractivity contribution in [2.45, 2.75) is 83.7 Å². The number of hydrogen-bond donors (Lipinski definition) is 0. The molecular weight excluding hydrogens is 443 g/mol. The Morgan fingerprint density at radius 3 is 2.31 bits per heavy atom. The third-order valence-corrected chi connectivity index (χ3v) is 8.82. The van der Waals surface area contributed by atoms with Gasteiger partial charge in [0, 0.05) is 0 Å². The average molecular weight is 485 g/mol. The lowest BCUT2D eigenvalue weighted by atomic mass is 9.63. The van der Waals surface area contributed by atoms with E-state index < -0.39 is 0 Å². The zero-order valence-corrected chi connectivity index (χ0v) is 21.8. The monoisotopic (exact) mass is 484 g/mol. The molecule has 2 aliphatic carbocycles. The first-order valence-corrected chi connectivity index (χ1v) is 14.3. The first-order valence-electron chi connectivity index (χ1n) is 14.3. The molecule has 0 amide bonds. The summed E-state index contributed by atoms with van der Waals surface area (Å²) < 4.78 is 20.5. The predicted molar refractivity (Wildman–Crippen MR) is 148 cm³/mol. The highest BCUT2D eigenvalue weighted by molar-refractivity contribution is 5.64. The van der Waals surface area contributed by atoms with Gasteiger partial charge < -0.3 is 4.74 Å². The average Bonchev–Trinajstić information content (AvgIpc) is 2.93. The summed E-state index contributed by atoms with van der Waals surface area (Å²) >= 11 is 0. The van der Waals surface area contributed by atoms with Gasteiger partial charge in [0.2, 0.25) is 0 Å². The molecule has 4 atom stereocenters. The van der Waals surface area contributed by atoms with Gasteiger partial charge in [0.15, 0.2) is 11.6 Å². The summed E-state index contributed by atoms with van der Waals surface area (Å²) in [7, 11) is 0. The minimum absolute atomic E-state index is 0.302. The molecule has 2 saturated carbocycles. The molecule has 0 saturated heterocycles. The van der Waals surface area contributed by atoms with Gasteiger partial charge in [0.1, 0.15) is 6.61 Å². The summed E-state index contributed by atoms with van der Waals surface area (Å²) in [5.74, 6) is 3.55. The maximum Gasteiger partial charge on any atom is 0.165 e. The molecule has 190 valence electrons. The van der Waals surface area contributed by atoms with Crippen molar-refractivity contribution in [1.82, 2.24) is 0 Å². The first-order chi connectivity index (χ1) is 17.7. The Bertz CT molecular complexity index is 1090. The highest BCUT2D eigenvalue weighted by Crippen LogP contribution is 2.48. The van der Waals surface area contributed by atoms with Crippen molar-refractivity contribution in [2.75, 3.05) is 0 Å². The molecule has 0 bridgehead atoms. The number of ether oxygens (including phenoxy) is 1. The first kappa shape index (κ1) is 25.1. The second-order valence-corrected chi connectivity index (χ2v) is 11.2. The summed E-state index contributed by atoms with van der Waals surface area (Å²) in [6.45, 7) is 2.68. The summed E-state index contributed by atoms with van der Waals surface area (Å²) in [5.41, 5.74) is 4.46.